The summed E-state index contributed by atoms with van der Waals surface area (Å²) in [7, 11) is 0. The van der Waals surface area contributed by atoms with Crippen LogP contribution in [0, 0.1) is 0 Å². The summed E-state index contributed by atoms with van der Waals surface area (Å²) in [5, 5.41) is 0. The molecule has 0 aromatic carbocycles. The fourth-order valence-electron chi connectivity index (χ4n) is 3.57. The van der Waals surface area contributed by atoms with Gasteiger partial charge in [-0.1, -0.05) is 117 Å². The number of allylic oxidation sites excluding steroid dienone is 2. The van der Waals surface area contributed by atoms with Crippen molar-refractivity contribution in [2.75, 3.05) is 0 Å². The minimum absolute atomic E-state index is 0.114. The van der Waals surface area contributed by atoms with E-state index in [2.05, 4.69) is 13.8 Å². The van der Waals surface area contributed by atoms with Crippen LogP contribution >= 0.6 is 0 Å². The van der Waals surface area contributed by atoms with Gasteiger partial charge < -0.3 is 0 Å². The summed E-state index contributed by atoms with van der Waals surface area (Å²) in [6.45, 7) is 4.49. The van der Waals surface area contributed by atoms with Gasteiger partial charge in [0.05, 0.1) is 0 Å². The quantitative estimate of drug-likeness (QED) is 0.137. The summed E-state index contributed by atoms with van der Waals surface area (Å²) in [6, 6.07) is 0. The highest BCUT2D eigenvalue weighted by molar-refractivity contribution is 5.98. The highest BCUT2D eigenvalue weighted by Crippen LogP contribution is 2.12. The molecule has 0 heterocycles. The number of ketones is 2. The second-order valence-corrected chi connectivity index (χ2v) is 8.42. The fourth-order valence-corrected chi connectivity index (χ4v) is 3.57. The van der Waals surface area contributed by atoms with Crippen molar-refractivity contribution in [1.29, 1.82) is 0 Å². The van der Waals surface area contributed by atoms with Gasteiger partial charge in [-0.15, -0.1) is 0 Å². The number of carbonyl (C=O) groups excluding carboxylic acids is 2. The highest BCUT2D eigenvalue weighted by atomic mass is 16.1. The van der Waals surface area contributed by atoms with Gasteiger partial charge in [0.25, 0.3) is 0 Å². The van der Waals surface area contributed by atoms with Crippen LogP contribution in [0.5, 0.6) is 0 Å². The molecule has 0 aromatic heterocycles. The Labute approximate surface area is 175 Å². The predicted octanol–water partition coefficient (Wildman–Crippen LogP) is 8.52. The van der Waals surface area contributed by atoms with Crippen molar-refractivity contribution in [3.63, 3.8) is 0 Å². The van der Waals surface area contributed by atoms with E-state index < -0.39 is 0 Å². The molecular weight excluding hydrogens is 344 g/mol. The van der Waals surface area contributed by atoms with Crippen LogP contribution in [0.3, 0.4) is 0 Å². The molecule has 0 rings (SSSR count). The van der Waals surface area contributed by atoms with Crippen LogP contribution in [0.25, 0.3) is 0 Å². The molecule has 0 aliphatic rings. The lowest BCUT2D eigenvalue weighted by Gasteiger charge is -2.01. The topological polar surface area (TPSA) is 34.1 Å². The molecule has 0 radical (unpaired) electrons. The minimum Gasteiger partial charge on any atom is -0.295 e. The van der Waals surface area contributed by atoms with E-state index in [9.17, 15) is 9.59 Å². The number of rotatable bonds is 22. The summed E-state index contributed by atoms with van der Waals surface area (Å²) >= 11 is 0. The Kier molecular flexibility index (Phi) is 21.6. The van der Waals surface area contributed by atoms with Crippen molar-refractivity contribution < 1.29 is 9.59 Å². The first-order valence-electron chi connectivity index (χ1n) is 12.4. The normalized spacial score (nSPS) is 11.4. The average Bonchev–Trinajstić information content (AvgIpc) is 2.69. The molecule has 2 heteroatoms. The first-order valence-corrected chi connectivity index (χ1v) is 12.4. The Hall–Kier alpha value is -0.920. The third-order valence-electron chi connectivity index (χ3n) is 5.51. The molecule has 0 aromatic rings. The van der Waals surface area contributed by atoms with Gasteiger partial charge in [-0.25, -0.2) is 0 Å². The van der Waals surface area contributed by atoms with E-state index in [0.717, 1.165) is 25.7 Å². The number of carbonyl (C=O) groups is 2. The maximum absolute atomic E-state index is 11.8. The molecule has 0 atom stereocenters. The lowest BCUT2D eigenvalue weighted by Crippen LogP contribution is -1.97. The van der Waals surface area contributed by atoms with Crippen molar-refractivity contribution in [1.82, 2.24) is 0 Å². The molecule has 0 amide bonds. The Balaban J connectivity index is 3.43. The molecule has 0 spiro atoms. The van der Waals surface area contributed by atoms with Gasteiger partial charge in [0.2, 0.25) is 0 Å². The maximum atomic E-state index is 11.8. The zero-order chi connectivity index (χ0) is 20.7. The van der Waals surface area contributed by atoms with Crippen LogP contribution in [0.1, 0.15) is 142 Å². The maximum Gasteiger partial charge on any atom is 0.155 e. The van der Waals surface area contributed by atoms with Crippen molar-refractivity contribution >= 4 is 11.6 Å². The van der Waals surface area contributed by atoms with Crippen LogP contribution in [-0.2, 0) is 9.59 Å². The largest absolute Gasteiger partial charge is 0.295 e. The smallest absolute Gasteiger partial charge is 0.155 e. The van der Waals surface area contributed by atoms with Crippen molar-refractivity contribution in [2.24, 2.45) is 0 Å². The summed E-state index contributed by atoms with van der Waals surface area (Å²) in [4.78, 5) is 23.7. The van der Waals surface area contributed by atoms with Crippen LogP contribution < -0.4 is 0 Å². The van der Waals surface area contributed by atoms with Gasteiger partial charge in [0.1, 0.15) is 0 Å². The molecule has 0 aliphatic heterocycles. The molecule has 0 unspecified atom stereocenters. The van der Waals surface area contributed by atoms with E-state index in [1.165, 1.54) is 102 Å². The van der Waals surface area contributed by atoms with Gasteiger partial charge in [0, 0.05) is 12.8 Å². The van der Waals surface area contributed by atoms with Gasteiger partial charge in [-0.3, -0.25) is 9.59 Å². The van der Waals surface area contributed by atoms with E-state index in [0.29, 0.717) is 12.8 Å². The van der Waals surface area contributed by atoms with Gasteiger partial charge in [0.15, 0.2) is 11.6 Å². The van der Waals surface area contributed by atoms with E-state index in [-0.39, 0.29) is 11.6 Å². The molecule has 0 fully saturated rings. The molecule has 28 heavy (non-hydrogen) atoms. The summed E-state index contributed by atoms with van der Waals surface area (Å²) in [5.74, 6) is 0.228. The number of hydrogen-bond acceptors (Lipinski definition) is 2. The minimum atomic E-state index is 0.114. The van der Waals surface area contributed by atoms with E-state index in [1.807, 2.05) is 0 Å². The Morgan fingerprint density at radius 1 is 0.429 bits per heavy atom. The van der Waals surface area contributed by atoms with Crippen molar-refractivity contribution in [3.05, 3.63) is 12.2 Å². The Bertz CT molecular complexity index is 348. The van der Waals surface area contributed by atoms with E-state index in [4.69, 9.17) is 0 Å². The van der Waals surface area contributed by atoms with Gasteiger partial charge in [-0.05, 0) is 25.0 Å². The monoisotopic (exact) mass is 392 g/mol. The Morgan fingerprint density at radius 3 is 0.964 bits per heavy atom. The molecule has 2 nitrogen and oxygen atoms in total. The highest BCUT2D eigenvalue weighted by Gasteiger charge is 2.01. The third-order valence-corrected chi connectivity index (χ3v) is 5.51. The molecular formula is C26H48O2. The van der Waals surface area contributed by atoms with Gasteiger partial charge >= 0.3 is 0 Å². The fraction of sp³-hybridized carbons (Fsp3) is 0.846. The average molecular weight is 393 g/mol. The molecule has 0 saturated carbocycles. The van der Waals surface area contributed by atoms with Crippen LogP contribution in [0.2, 0.25) is 0 Å². The van der Waals surface area contributed by atoms with Crippen molar-refractivity contribution in [3.8, 4) is 0 Å². The zero-order valence-corrected chi connectivity index (χ0v) is 19.1. The zero-order valence-electron chi connectivity index (χ0n) is 19.1. The van der Waals surface area contributed by atoms with Gasteiger partial charge in [-0.2, -0.15) is 0 Å². The number of hydrogen-bond donors (Lipinski definition) is 0. The molecule has 0 aliphatic carbocycles. The summed E-state index contributed by atoms with van der Waals surface area (Å²) in [5.41, 5.74) is 0. The van der Waals surface area contributed by atoms with Crippen molar-refractivity contribution in [2.45, 2.75) is 142 Å². The first kappa shape index (κ1) is 27.1. The lowest BCUT2D eigenvalue weighted by molar-refractivity contribution is -0.116. The predicted molar refractivity (Wildman–Crippen MR) is 123 cm³/mol. The van der Waals surface area contributed by atoms with E-state index >= 15 is 0 Å². The second kappa shape index (κ2) is 22.4. The Morgan fingerprint density at radius 2 is 0.679 bits per heavy atom. The van der Waals surface area contributed by atoms with Crippen LogP contribution in [-0.4, -0.2) is 11.6 Å². The van der Waals surface area contributed by atoms with Crippen LogP contribution in [0.15, 0.2) is 12.2 Å². The van der Waals surface area contributed by atoms with E-state index in [1.54, 1.807) is 0 Å². The third kappa shape index (κ3) is 21.4. The molecule has 0 bridgehead atoms. The number of unbranched alkanes of at least 4 members (excludes halogenated alkanes) is 16. The van der Waals surface area contributed by atoms with Crippen LogP contribution in [0.4, 0.5) is 0 Å². The molecule has 0 N–H and O–H groups in total. The second-order valence-electron chi connectivity index (χ2n) is 8.42. The first-order chi connectivity index (χ1) is 13.7. The molecule has 164 valence electrons. The SMILES string of the molecule is CCCCCCCCCCCC(=O)/C=C/C(=O)CCCCCCCCCCC. The summed E-state index contributed by atoms with van der Waals surface area (Å²) < 4.78 is 0. The lowest BCUT2D eigenvalue weighted by atomic mass is 10.0. The summed E-state index contributed by atoms with van der Waals surface area (Å²) in [6.07, 6.45) is 26.9. The molecule has 0 saturated heterocycles. The standard InChI is InChI=1S/C26H48O2/c1-3-5-7-9-11-13-15-17-19-21-25(27)23-24-26(28)22-20-18-16-14-12-10-8-6-4-2/h23-24H,3-22H2,1-2H3/b24-23+.